The highest BCUT2D eigenvalue weighted by Crippen LogP contribution is 2.26. The first kappa shape index (κ1) is 22.3. The van der Waals surface area contributed by atoms with Crippen LogP contribution in [0.4, 0.5) is 5.69 Å². The molecule has 3 N–H and O–H groups in total. The van der Waals surface area contributed by atoms with E-state index in [1.54, 1.807) is 6.07 Å². The van der Waals surface area contributed by atoms with Gasteiger partial charge in [0.15, 0.2) is 0 Å². The van der Waals surface area contributed by atoms with Crippen molar-refractivity contribution in [2.24, 2.45) is 5.14 Å². The van der Waals surface area contributed by atoms with Crippen molar-refractivity contribution in [3.05, 3.63) is 59.2 Å². The smallest absolute Gasteiger partial charge is 0.253 e. The number of nitrogens with two attached hydrogens (primary N) is 1. The number of primary sulfonamides is 1. The van der Waals surface area contributed by atoms with Crippen molar-refractivity contribution in [1.82, 2.24) is 5.32 Å². The lowest BCUT2D eigenvalue weighted by atomic mass is 9.84. The molecule has 0 aromatic heterocycles. The van der Waals surface area contributed by atoms with Crippen molar-refractivity contribution in [3.8, 4) is 0 Å². The van der Waals surface area contributed by atoms with E-state index in [1.165, 1.54) is 12.1 Å². The van der Waals surface area contributed by atoms with E-state index >= 15 is 0 Å². The number of benzene rings is 2. The molecule has 1 aliphatic heterocycles. The van der Waals surface area contributed by atoms with E-state index < -0.39 is 10.0 Å². The van der Waals surface area contributed by atoms with Crippen molar-refractivity contribution >= 4 is 21.6 Å². The minimum atomic E-state index is -3.92. The summed E-state index contributed by atoms with van der Waals surface area (Å²) >= 11 is 0. The van der Waals surface area contributed by atoms with Gasteiger partial charge in [-0.2, -0.15) is 0 Å². The standard InChI is InChI=1S/C22H29N3O4S/c1-16-5-4-6-17(13-16)22(2,3)15-24-21(26)19-14-18(30(23,27)28)7-8-20(19)25-9-11-29-12-10-25/h4-8,13-14H,9-12,15H2,1-3H3,(H,24,26)(H2,23,27,28). The maximum absolute atomic E-state index is 13.1. The Morgan fingerprint density at radius 2 is 1.87 bits per heavy atom. The Morgan fingerprint density at radius 3 is 2.50 bits per heavy atom. The maximum atomic E-state index is 13.1. The molecule has 0 atom stereocenters. The fraction of sp³-hybridized carbons (Fsp3) is 0.409. The minimum Gasteiger partial charge on any atom is -0.378 e. The lowest BCUT2D eigenvalue weighted by Crippen LogP contribution is -2.40. The Bertz CT molecular complexity index is 1030. The predicted molar refractivity (Wildman–Crippen MR) is 117 cm³/mol. The number of anilines is 1. The van der Waals surface area contributed by atoms with Crippen LogP contribution in [0.3, 0.4) is 0 Å². The first-order valence-electron chi connectivity index (χ1n) is 9.93. The van der Waals surface area contributed by atoms with E-state index in [9.17, 15) is 13.2 Å². The molecule has 8 heteroatoms. The summed E-state index contributed by atoms with van der Waals surface area (Å²) in [5.41, 5.74) is 2.95. The summed E-state index contributed by atoms with van der Waals surface area (Å²) in [4.78, 5) is 15.1. The van der Waals surface area contributed by atoms with Gasteiger partial charge < -0.3 is 15.0 Å². The van der Waals surface area contributed by atoms with Gasteiger partial charge in [-0.25, -0.2) is 13.6 Å². The fourth-order valence-electron chi connectivity index (χ4n) is 3.52. The second-order valence-electron chi connectivity index (χ2n) is 8.26. The van der Waals surface area contributed by atoms with Crippen LogP contribution >= 0.6 is 0 Å². The van der Waals surface area contributed by atoms with Crippen molar-refractivity contribution in [2.45, 2.75) is 31.1 Å². The second kappa shape index (κ2) is 8.75. The largest absolute Gasteiger partial charge is 0.378 e. The number of hydrogen-bond acceptors (Lipinski definition) is 5. The molecule has 3 rings (SSSR count). The molecule has 0 radical (unpaired) electrons. The molecular formula is C22H29N3O4S. The monoisotopic (exact) mass is 431 g/mol. The Labute approximate surface area is 178 Å². The molecule has 7 nitrogen and oxygen atoms in total. The van der Waals surface area contributed by atoms with Crippen LogP contribution in [0.2, 0.25) is 0 Å². The Morgan fingerprint density at radius 1 is 1.17 bits per heavy atom. The third kappa shape index (κ3) is 5.19. The molecule has 1 amide bonds. The molecule has 0 unspecified atom stereocenters. The Balaban J connectivity index is 1.87. The van der Waals surface area contributed by atoms with Gasteiger partial charge in [0.05, 0.1) is 23.7 Å². The van der Waals surface area contributed by atoms with Crippen LogP contribution < -0.4 is 15.4 Å². The summed E-state index contributed by atoms with van der Waals surface area (Å²) in [5, 5.41) is 8.28. The van der Waals surface area contributed by atoms with E-state index in [0.29, 0.717) is 44.1 Å². The zero-order valence-corrected chi connectivity index (χ0v) is 18.5. The van der Waals surface area contributed by atoms with Gasteiger partial charge in [-0.15, -0.1) is 0 Å². The van der Waals surface area contributed by atoms with E-state index in [2.05, 4.69) is 25.2 Å². The summed E-state index contributed by atoms with van der Waals surface area (Å²) in [6.45, 7) is 8.92. The van der Waals surface area contributed by atoms with Gasteiger partial charge in [-0.3, -0.25) is 4.79 Å². The predicted octanol–water partition coefficient (Wildman–Crippen LogP) is 2.19. The summed E-state index contributed by atoms with van der Waals surface area (Å²) in [5.74, 6) is -0.331. The van der Waals surface area contributed by atoms with Crippen LogP contribution in [0.25, 0.3) is 0 Å². The number of amides is 1. The highest BCUT2D eigenvalue weighted by atomic mass is 32.2. The zero-order valence-electron chi connectivity index (χ0n) is 17.6. The van der Waals surface area contributed by atoms with E-state index in [-0.39, 0.29) is 16.2 Å². The molecule has 2 aromatic rings. The zero-order chi connectivity index (χ0) is 21.9. The van der Waals surface area contributed by atoms with E-state index in [1.807, 2.05) is 30.0 Å². The molecule has 1 saturated heterocycles. The van der Waals surface area contributed by atoms with Crippen molar-refractivity contribution in [1.29, 1.82) is 0 Å². The average Bonchev–Trinajstić information content (AvgIpc) is 2.71. The second-order valence-corrected chi connectivity index (χ2v) is 9.82. The van der Waals surface area contributed by atoms with Crippen LogP contribution in [0.1, 0.15) is 35.3 Å². The molecule has 1 aliphatic rings. The number of hydrogen-bond donors (Lipinski definition) is 2. The topological polar surface area (TPSA) is 102 Å². The van der Waals surface area contributed by atoms with Gasteiger partial charge in [0.1, 0.15) is 0 Å². The van der Waals surface area contributed by atoms with Crippen LogP contribution in [0.5, 0.6) is 0 Å². The molecule has 1 fully saturated rings. The lowest BCUT2D eigenvalue weighted by Gasteiger charge is -2.31. The van der Waals surface area contributed by atoms with Gasteiger partial charge in [-0.1, -0.05) is 43.7 Å². The molecule has 0 spiro atoms. The van der Waals surface area contributed by atoms with Crippen LogP contribution in [-0.4, -0.2) is 47.2 Å². The van der Waals surface area contributed by atoms with Crippen molar-refractivity contribution < 1.29 is 17.9 Å². The number of nitrogens with one attached hydrogen (secondary N) is 1. The van der Waals surface area contributed by atoms with Gasteiger partial charge in [0.2, 0.25) is 10.0 Å². The average molecular weight is 432 g/mol. The van der Waals surface area contributed by atoms with Crippen molar-refractivity contribution in [2.75, 3.05) is 37.7 Å². The van der Waals surface area contributed by atoms with Crippen LogP contribution in [-0.2, 0) is 20.2 Å². The van der Waals surface area contributed by atoms with Gasteiger partial charge >= 0.3 is 0 Å². The lowest BCUT2D eigenvalue weighted by molar-refractivity contribution is 0.0944. The molecule has 162 valence electrons. The number of rotatable bonds is 6. The van der Waals surface area contributed by atoms with Gasteiger partial charge in [0.25, 0.3) is 5.91 Å². The third-order valence-corrected chi connectivity index (χ3v) is 6.29. The SMILES string of the molecule is Cc1cccc(C(C)(C)CNC(=O)c2cc(S(N)(=O)=O)ccc2N2CCOCC2)c1. The molecule has 0 aliphatic carbocycles. The normalized spacial score (nSPS) is 15.1. The Hall–Kier alpha value is -2.42. The summed E-state index contributed by atoms with van der Waals surface area (Å²) in [7, 11) is -3.92. The summed E-state index contributed by atoms with van der Waals surface area (Å²) in [6, 6.07) is 12.6. The van der Waals surface area contributed by atoms with Crippen LogP contribution in [0.15, 0.2) is 47.4 Å². The third-order valence-electron chi connectivity index (χ3n) is 5.38. The number of aryl methyl sites for hydroxylation is 1. The molecule has 2 aromatic carbocycles. The van der Waals surface area contributed by atoms with E-state index in [0.717, 1.165) is 11.1 Å². The quantitative estimate of drug-likeness (QED) is 0.730. The Kier molecular flexibility index (Phi) is 6.50. The van der Waals surface area contributed by atoms with Gasteiger partial charge in [-0.05, 0) is 30.7 Å². The van der Waals surface area contributed by atoms with E-state index in [4.69, 9.17) is 9.88 Å². The fourth-order valence-corrected chi connectivity index (χ4v) is 4.06. The first-order valence-corrected chi connectivity index (χ1v) is 11.5. The first-order chi connectivity index (χ1) is 14.1. The number of sulfonamides is 1. The number of ether oxygens (including phenoxy) is 1. The number of morpholine rings is 1. The summed E-state index contributed by atoms with van der Waals surface area (Å²) in [6.07, 6.45) is 0. The summed E-state index contributed by atoms with van der Waals surface area (Å²) < 4.78 is 29.1. The van der Waals surface area contributed by atoms with Crippen molar-refractivity contribution in [3.63, 3.8) is 0 Å². The maximum Gasteiger partial charge on any atom is 0.253 e. The molecule has 0 bridgehead atoms. The molecule has 30 heavy (non-hydrogen) atoms. The molecule has 0 saturated carbocycles. The molecule has 1 heterocycles. The van der Waals surface area contributed by atoms with Gasteiger partial charge in [0, 0.05) is 30.7 Å². The number of nitrogens with zero attached hydrogens (tertiary/aromatic N) is 1. The van der Waals surface area contributed by atoms with Crippen LogP contribution in [0, 0.1) is 6.92 Å². The number of carbonyl (C=O) groups excluding carboxylic acids is 1. The highest BCUT2D eigenvalue weighted by Gasteiger charge is 2.25. The minimum absolute atomic E-state index is 0.0809. The number of carbonyl (C=O) groups is 1. The highest BCUT2D eigenvalue weighted by molar-refractivity contribution is 7.89. The molecular weight excluding hydrogens is 402 g/mol.